The van der Waals surface area contributed by atoms with Crippen LogP contribution in [0.25, 0.3) is 0 Å². The van der Waals surface area contributed by atoms with Crippen LogP contribution in [0.1, 0.15) is 89.0 Å². The van der Waals surface area contributed by atoms with E-state index in [2.05, 4.69) is 11.9 Å². The van der Waals surface area contributed by atoms with Gasteiger partial charge in [0.05, 0.1) is 0 Å². The lowest BCUT2D eigenvalue weighted by atomic mass is 9.68. The highest BCUT2D eigenvalue weighted by Crippen LogP contribution is 2.44. The Hall–Kier alpha value is -0.920. The number of rotatable bonds is 5. The van der Waals surface area contributed by atoms with Gasteiger partial charge in [0.25, 0.3) is 0 Å². The van der Waals surface area contributed by atoms with E-state index < -0.39 is 0 Å². The quantitative estimate of drug-likeness (QED) is 0.565. The van der Waals surface area contributed by atoms with Crippen molar-refractivity contribution in [2.45, 2.75) is 83.5 Å². The SMILES string of the molecule is CCCCC1CCC(C2CCC(c3ccc(F)nc3)CC2)CC1. The number of pyridine rings is 1. The van der Waals surface area contributed by atoms with E-state index in [1.807, 2.05) is 6.07 Å². The predicted octanol–water partition coefficient (Wildman–Crippen LogP) is 6.49. The summed E-state index contributed by atoms with van der Waals surface area (Å²) in [5.74, 6) is 3.21. The van der Waals surface area contributed by atoms with Crippen LogP contribution in [0, 0.1) is 23.7 Å². The van der Waals surface area contributed by atoms with Crippen LogP contribution in [-0.2, 0) is 0 Å². The van der Waals surface area contributed by atoms with Gasteiger partial charge in [-0.05, 0) is 73.8 Å². The van der Waals surface area contributed by atoms with Gasteiger partial charge in [0.2, 0.25) is 5.95 Å². The number of unbranched alkanes of at least 4 members (excludes halogenated alkanes) is 1. The highest BCUT2D eigenvalue weighted by molar-refractivity contribution is 5.15. The normalized spacial score (nSPS) is 31.9. The van der Waals surface area contributed by atoms with Gasteiger partial charge >= 0.3 is 0 Å². The van der Waals surface area contributed by atoms with E-state index >= 15 is 0 Å². The van der Waals surface area contributed by atoms with E-state index in [4.69, 9.17) is 0 Å². The maximum Gasteiger partial charge on any atom is 0.212 e. The Balaban J connectivity index is 1.43. The maximum absolute atomic E-state index is 13.0. The molecular weight excluding hydrogens is 285 g/mol. The molecule has 3 rings (SSSR count). The lowest BCUT2D eigenvalue weighted by Crippen LogP contribution is -2.25. The van der Waals surface area contributed by atoms with Crippen molar-refractivity contribution in [2.24, 2.45) is 17.8 Å². The third-order valence-electron chi connectivity index (χ3n) is 6.52. The molecule has 2 saturated carbocycles. The van der Waals surface area contributed by atoms with Crippen molar-refractivity contribution >= 4 is 0 Å². The molecule has 23 heavy (non-hydrogen) atoms. The second-order valence-corrected chi connectivity index (χ2v) is 7.95. The number of hydrogen-bond donors (Lipinski definition) is 0. The van der Waals surface area contributed by atoms with Gasteiger partial charge in [-0.15, -0.1) is 0 Å². The first-order valence-corrected chi connectivity index (χ1v) is 9.87. The van der Waals surface area contributed by atoms with E-state index in [1.165, 1.54) is 82.3 Å². The molecule has 1 aromatic rings. The molecule has 2 aliphatic rings. The first-order chi connectivity index (χ1) is 11.3. The van der Waals surface area contributed by atoms with E-state index in [1.54, 1.807) is 6.20 Å². The molecule has 1 aromatic heterocycles. The fourth-order valence-electron chi connectivity index (χ4n) is 4.99. The van der Waals surface area contributed by atoms with Crippen molar-refractivity contribution in [3.05, 3.63) is 29.8 Å². The summed E-state index contributed by atoms with van der Waals surface area (Å²) in [5.41, 5.74) is 1.24. The molecule has 0 bridgehead atoms. The number of aromatic nitrogens is 1. The molecule has 0 N–H and O–H groups in total. The monoisotopic (exact) mass is 317 g/mol. The molecule has 0 unspecified atom stereocenters. The van der Waals surface area contributed by atoms with Crippen LogP contribution >= 0.6 is 0 Å². The molecule has 1 nitrogen and oxygen atoms in total. The zero-order valence-electron chi connectivity index (χ0n) is 14.6. The van der Waals surface area contributed by atoms with Gasteiger partial charge in [0, 0.05) is 6.20 Å². The third-order valence-corrected chi connectivity index (χ3v) is 6.52. The average Bonchev–Trinajstić information content (AvgIpc) is 2.61. The minimum absolute atomic E-state index is 0.359. The van der Waals surface area contributed by atoms with E-state index in [9.17, 15) is 4.39 Å². The highest BCUT2D eigenvalue weighted by Gasteiger charge is 2.31. The number of halogens is 1. The van der Waals surface area contributed by atoms with E-state index in [-0.39, 0.29) is 5.95 Å². The molecule has 0 amide bonds. The van der Waals surface area contributed by atoms with Crippen molar-refractivity contribution in [3.63, 3.8) is 0 Å². The fourth-order valence-corrected chi connectivity index (χ4v) is 4.99. The third kappa shape index (κ3) is 4.55. The Labute approximate surface area is 141 Å². The molecule has 128 valence electrons. The minimum atomic E-state index is -0.359. The lowest BCUT2D eigenvalue weighted by molar-refractivity contribution is 0.156. The van der Waals surface area contributed by atoms with Crippen molar-refractivity contribution in [2.75, 3.05) is 0 Å². The first kappa shape index (κ1) is 16.9. The largest absolute Gasteiger partial charge is 0.228 e. The molecule has 2 fully saturated rings. The molecule has 2 aliphatic carbocycles. The summed E-state index contributed by atoms with van der Waals surface area (Å²) in [7, 11) is 0. The Kier molecular flexibility index (Phi) is 6.08. The fraction of sp³-hybridized carbons (Fsp3) is 0.762. The summed E-state index contributed by atoms with van der Waals surface area (Å²) in [5, 5.41) is 0. The average molecular weight is 317 g/mol. The Morgan fingerprint density at radius 1 is 0.957 bits per heavy atom. The Bertz CT molecular complexity index is 453. The zero-order valence-corrected chi connectivity index (χ0v) is 14.6. The van der Waals surface area contributed by atoms with Gasteiger partial charge in [0.1, 0.15) is 0 Å². The van der Waals surface area contributed by atoms with Crippen LogP contribution in [0.2, 0.25) is 0 Å². The van der Waals surface area contributed by atoms with Crippen LogP contribution in [0.15, 0.2) is 18.3 Å². The summed E-state index contributed by atoms with van der Waals surface area (Å²) >= 11 is 0. The highest BCUT2D eigenvalue weighted by atomic mass is 19.1. The lowest BCUT2D eigenvalue weighted by Gasteiger charge is -2.38. The maximum atomic E-state index is 13.0. The van der Waals surface area contributed by atoms with Crippen LogP contribution in [-0.4, -0.2) is 4.98 Å². The van der Waals surface area contributed by atoms with E-state index in [0.29, 0.717) is 5.92 Å². The van der Waals surface area contributed by atoms with Gasteiger partial charge < -0.3 is 0 Å². The molecule has 0 aromatic carbocycles. The van der Waals surface area contributed by atoms with Gasteiger partial charge in [-0.2, -0.15) is 4.39 Å². The Morgan fingerprint density at radius 2 is 1.61 bits per heavy atom. The van der Waals surface area contributed by atoms with Crippen LogP contribution in [0.4, 0.5) is 4.39 Å². The molecule has 0 atom stereocenters. The number of nitrogens with zero attached hydrogens (tertiary/aromatic N) is 1. The standard InChI is InChI=1S/C21H32FN/c1-2-3-4-16-5-7-17(8-6-16)18-9-11-19(12-10-18)20-13-14-21(22)23-15-20/h13-19H,2-12H2,1H3. The molecule has 1 heterocycles. The van der Waals surface area contributed by atoms with Gasteiger partial charge in [-0.1, -0.05) is 45.1 Å². The van der Waals surface area contributed by atoms with Crippen LogP contribution in [0.3, 0.4) is 0 Å². The summed E-state index contributed by atoms with van der Waals surface area (Å²) in [6.07, 6.45) is 17.2. The van der Waals surface area contributed by atoms with Gasteiger partial charge in [-0.25, -0.2) is 4.98 Å². The zero-order chi connectivity index (χ0) is 16.1. The Morgan fingerprint density at radius 3 is 2.17 bits per heavy atom. The molecule has 0 saturated heterocycles. The van der Waals surface area contributed by atoms with Crippen molar-refractivity contribution in [1.82, 2.24) is 4.98 Å². The van der Waals surface area contributed by atoms with Gasteiger partial charge in [0.15, 0.2) is 0 Å². The summed E-state index contributed by atoms with van der Waals surface area (Å²) in [6.45, 7) is 2.31. The van der Waals surface area contributed by atoms with Crippen LogP contribution in [0.5, 0.6) is 0 Å². The van der Waals surface area contributed by atoms with Crippen LogP contribution < -0.4 is 0 Å². The summed E-state index contributed by atoms with van der Waals surface area (Å²) in [4.78, 5) is 3.83. The predicted molar refractivity (Wildman–Crippen MR) is 93.9 cm³/mol. The minimum Gasteiger partial charge on any atom is -0.228 e. The van der Waals surface area contributed by atoms with Crippen molar-refractivity contribution in [3.8, 4) is 0 Å². The molecule has 0 radical (unpaired) electrons. The molecule has 2 heteroatoms. The molecule has 0 aliphatic heterocycles. The van der Waals surface area contributed by atoms with Crippen molar-refractivity contribution in [1.29, 1.82) is 0 Å². The molecule has 0 spiro atoms. The van der Waals surface area contributed by atoms with Crippen molar-refractivity contribution < 1.29 is 4.39 Å². The topological polar surface area (TPSA) is 12.9 Å². The summed E-state index contributed by atoms with van der Waals surface area (Å²) < 4.78 is 13.0. The van der Waals surface area contributed by atoms with Gasteiger partial charge in [-0.3, -0.25) is 0 Å². The second kappa shape index (κ2) is 8.26. The molecular formula is C21H32FN. The number of hydrogen-bond acceptors (Lipinski definition) is 1. The first-order valence-electron chi connectivity index (χ1n) is 9.87. The summed E-state index contributed by atoms with van der Waals surface area (Å²) in [6, 6.07) is 3.45. The second-order valence-electron chi connectivity index (χ2n) is 7.95. The van der Waals surface area contributed by atoms with E-state index in [0.717, 1.165) is 17.8 Å². The smallest absolute Gasteiger partial charge is 0.212 e.